The van der Waals surface area contributed by atoms with Crippen LogP contribution >= 0.6 is 0 Å². The molecule has 1 rings (SSSR count). The monoisotopic (exact) mass is 348 g/mol. The van der Waals surface area contributed by atoms with Crippen molar-refractivity contribution in [1.82, 2.24) is 16.1 Å². The Morgan fingerprint density at radius 2 is 1.84 bits per heavy atom. The highest BCUT2D eigenvalue weighted by Crippen LogP contribution is 2.06. The summed E-state index contributed by atoms with van der Waals surface area (Å²) in [6.45, 7) is 4.74. The Morgan fingerprint density at radius 3 is 2.32 bits per heavy atom. The van der Waals surface area contributed by atoms with Crippen LogP contribution in [0.2, 0.25) is 0 Å². The molecular weight excluding hydrogens is 328 g/mol. The summed E-state index contributed by atoms with van der Waals surface area (Å²) in [5, 5.41) is 22.2. The van der Waals surface area contributed by atoms with Crippen LogP contribution in [0.15, 0.2) is 24.3 Å². The minimum Gasteiger partial charge on any atom is -0.444 e. The van der Waals surface area contributed by atoms with E-state index < -0.39 is 29.6 Å². The number of ether oxygens (including phenoxy) is 1. The third kappa shape index (κ3) is 6.88. The number of nitriles is 1. The topological polar surface area (TPSA) is 141 Å². The van der Waals surface area contributed by atoms with Crippen molar-refractivity contribution in [3.05, 3.63) is 35.4 Å². The van der Waals surface area contributed by atoms with Crippen molar-refractivity contribution in [2.75, 3.05) is 6.54 Å². The predicted octanol–water partition coefficient (Wildman–Crippen LogP) is 0.687. The smallest absolute Gasteiger partial charge is 0.407 e. The van der Waals surface area contributed by atoms with Gasteiger partial charge in [-0.05, 0) is 45.0 Å². The number of hydrogen-bond acceptors (Lipinski definition) is 6. The van der Waals surface area contributed by atoms with Gasteiger partial charge in [0.2, 0.25) is 0 Å². The lowest BCUT2D eigenvalue weighted by molar-refractivity contribution is -0.131. The van der Waals surface area contributed by atoms with Gasteiger partial charge >= 0.3 is 6.09 Å². The van der Waals surface area contributed by atoms with Gasteiger partial charge in [-0.15, -0.1) is 0 Å². The molecule has 3 amide bonds. The van der Waals surface area contributed by atoms with Gasteiger partial charge in [0.25, 0.3) is 11.8 Å². The van der Waals surface area contributed by atoms with E-state index in [1.165, 1.54) is 29.7 Å². The molecule has 0 bridgehead atoms. The van der Waals surface area contributed by atoms with E-state index in [0.29, 0.717) is 5.56 Å². The second kappa shape index (κ2) is 8.65. The molecule has 0 aromatic heterocycles. The van der Waals surface area contributed by atoms with Gasteiger partial charge in [0.1, 0.15) is 11.6 Å². The van der Waals surface area contributed by atoms with Crippen molar-refractivity contribution < 1.29 is 24.3 Å². The fourth-order valence-electron chi connectivity index (χ4n) is 1.72. The molecule has 134 valence electrons. The summed E-state index contributed by atoms with van der Waals surface area (Å²) >= 11 is 0. The Labute approximate surface area is 144 Å². The van der Waals surface area contributed by atoms with E-state index in [-0.39, 0.29) is 12.1 Å². The van der Waals surface area contributed by atoms with Crippen molar-refractivity contribution in [1.29, 1.82) is 5.26 Å². The maximum Gasteiger partial charge on any atom is 0.407 e. The summed E-state index contributed by atoms with van der Waals surface area (Å²) in [4.78, 5) is 35.4. The molecule has 0 unspecified atom stereocenters. The zero-order valence-corrected chi connectivity index (χ0v) is 14.1. The molecule has 0 heterocycles. The molecule has 0 aliphatic rings. The quantitative estimate of drug-likeness (QED) is 0.456. The van der Waals surface area contributed by atoms with Crippen molar-refractivity contribution >= 4 is 17.9 Å². The maximum atomic E-state index is 12.1. The zero-order valence-electron chi connectivity index (χ0n) is 14.1. The number of carbonyl (C=O) groups is 3. The third-order valence-electron chi connectivity index (χ3n) is 2.86. The summed E-state index contributed by atoms with van der Waals surface area (Å²) in [6, 6.07) is 6.45. The molecule has 1 aromatic rings. The number of hydrogen-bond donors (Lipinski definition) is 4. The molecule has 25 heavy (non-hydrogen) atoms. The summed E-state index contributed by atoms with van der Waals surface area (Å²) in [5.41, 5.74) is 1.30. The Kier molecular flexibility index (Phi) is 6.90. The minimum atomic E-state index is -1.22. The van der Waals surface area contributed by atoms with Crippen LogP contribution in [0, 0.1) is 11.3 Å². The van der Waals surface area contributed by atoms with Crippen LogP contribution in [0.25, 0.3) is 0 Å². The van der Waals surface area contributed by atoms with Crippen molar-refractivity contribution in [3.63, 3.8) is 0 Å². The summed E-state index contributed by atoms with van der Waals surface area (Å²) in [7, 11) is 0. The molecule has 0 radical (unpaired) electrons. The maximum absolute atomic E-state index is 12.1. The number of alkyl carbamates (subject to hydrolysis) is 1. The highest BCUT2D eigenvalue weighted by molar-refractivity contribution is 5.97. The fourth-order valence-corrected chi connectivity index (χ4v) is 1.72. The van der Waals surface area contributed by atoms with Gasteiger partial charge in [0.05, 0.1) is 18.2 Å². The van der Waals surface area contributed by atoms with Crippen molar-refractivity contribution in [3.8, 4) is 6.07 Å². The van der Waals surface area contributed by atoms with Crippen LogP contribution in [0.4, 0.5) is 4.79 Å². The number of nitrogens with one attached hydrogen (secondary N) is 3. The zero-order chi connectivity index (χ0) is 19.0. The van der Waals surface area contributed by atoms with Gasteiger partial charge in [-0.3, -0.25) is 14.8 Å². The van der Waals surface area contributed by atoms with Crippen LogP contribution in [0.1, 0.15) is 36.7 Å². The molecule has 0 fully saturated rings. The molecule has 9 nitrogen and oxygen atoms in total. The third-order valence-corrected chi connectivity index (χ3v) is 2.86. The van der Waals surface area contributed by atoms with E-state index in [0.717, 1.165) is 0 Å². The van der Waals surface area contributed by atoms with Gasteiger partial charge in [0, 0.05) is 5.56 Å². The first kappa shape index (κ1) is 19.9. The number of rotatable bonds is 5. The van der Waals surface area contributed by atoms with Gasteiger partial charge in [-0.1, -0.05) is 0 Å². The largest absolute Gasteiger partial charge is 0.444 e. The molecule has 0 saturated carbocycles. The lowest BCUT2D eigenvalue weighted by atomic mass is 10.1. The predicted molar refractivity (Wildman–Crippen MR) is 86.6 cm³/mol. The van der Waals surface area contributed by atoms with Crippen molar-refractivity contribution in [2.45, 2.75) is 32.4 Å². The minimum absolute atomic E-state index is 0.215. The Balaban J connectivity index is 2.72. The summed E-state index contributed by atoms with van der Waals surface area (Å²) in [6.07, 6.45) is -0.768. The van der Waals surface area contributed by atoms with E-state index in [4.69, 9.17) is 15.2 Å². The highest BCUT2D eigenvalue weighted by Gasteiger charge is 2.23. The average molecular weight is 348 g/mol. The second-order valence-corrected chi connectivity index (χ2v) is 6.07. The number of amides is 3. The first-order chi connectivity index (χ1) is 11.7. The van der Waals surface area contributed by atoms with Crippen LogP contribution in [-0.2, 0) is 9.53 Å². The van der Waals surface area contributed by atoms with Crippen LogP contribution in [-0.4, -0.2) is 41.3 Å². The van der Waals surface area contributed by atoms with Gasteiger partial charge in [-0.25, -0.2) is 10.3 Å². The molecule has 0 saturated heterocycles. The van der Waals surface area contributed by atoms with E-state index in [9.17, 15) is 14.4 Å². The van der Waals surface area contributed by atoms with E-state index in [2.05, 4.69) is 10.6 Å². The Hall–Kier alpha value is -3.12. The van der Waals surface area contributed by atoms with Crippen LogP contribution in [0.3, 0.4) is 0 Å². The SMILES string of the molecule is CC(C)(C)OC(=O)NC[C@H](NC(=O)c1ccc(C#N)cc1)C(=O)NO. The molecule has 0 spiro atoms. The normalized spacial score (nSPS) is 11.6. The van der Waals surface area contributed by atoms with Gasteiger partial charge < -0.3 is 15.4 Å². The lowest BCUT2D eigenvalue weighted by Gasteiger charge is -2.21. The second-order valence-electron chi connectivity index (χ2n) is 6.07. The lowest BCUT2D eigenvalue weighted by Crippen LogP contribution is -2.52. The van der Waals surface area contributed by atoms with Gasteiger partial charge in [-0.2, -0.15) is 5.26 Å². The Bertz CT molecular complexity index is 673. The molecular formula is C16H20N4O5. The number of hydroxylamine groups is 1. The van der Waals surface area contributed by atoms with Crippen LogP contribution < -0.4 is 16.1 Å². The van der Waals surface area contributed by atoms with E-state index in [1.807, 2.05) is 6.07 Å². The average Bonchev–Trinajstić information content (AvgIpc) is 2.56. The van der Waals surface area contributed by atoms with Crippen LogP contribution in [0.5, 0.6) is 0 Å². The molecule has 1 aromatic carbocycles. The number of benzene rings is 1. The molecule has 0 aliphatic heterocycles. The summed E-state index contributed by atoms with van der Waals surface area (Å²) < 4.78 is 5.03. The molecule has 1 atom stereocenters. The molecule has 9 heteroatoms. The number of nitrogens with zero attached hydrogens (tertiary/aromatic N) is 1. The van der Waals surface area contributed by atoms with Gasteiger partial charge in [0.15, 0.2) is 0 Å². The Morgan fingerprint density at radius 1 is 1.24 bits per heavy atom. The van der Waals surface area contributed by atoms with Crippen molar-refractivity contribution in [2.24, 2.45) is 0 Å². The first-order valence-corrected chi connectivity index (χ1v) is 7.38. The van der Waals surface area contributed by atoms with E-state index >= 15 is 0 Å². The highest BCUT2D eigenvalue weighted by atomic mass is 16.6. The molecule has 0 aliphatic carbocycles. The van der Waals surface area contributed by atoms with E-state index in [1.54, 1.807) is 20.8 Å². The fraction of sp³-hybridized carbons (Fsp3) is 0.375. The standard InChI is InChI=1S/C16H20N4O5/c1-16(2,3)25-15(23)18-9-12(14(22)20-24)19-13(21)11-6-4-10(8-17)5-7-11/h4-7,12,24H,9H2,1-3H3,(H,18,23)(H,19,21)(H,20,22)/t12-/m0/s1. The molecule has 4 N–H and O–H groups in total. The first-order valence-electron chi connectivity index (χ1n) is 7.38. The summed E-state index contributed by atoms with van der Waals surface area (Å²) in [5.74, 6) is -1.51. The number of carbonyl (C=O) groups excluding carboxylic acids is 3.